The molecule has 2 fully saturated rings. The number of piperidine rings is 1. The van der Waals surface area contributed by atoms with Crippen molar-refractivity contribution in [3.05, 3.63) is 0 Å². The number of hydrogen-bond donors (Lipinski definition) is 1. The second-order valence-electron chi connectivity index (χ2n) is 6.17. The van der Waals surface area contributed by atoms with E-state index in [0.717, 1.165) is 0 Å². The molecule has 1 aliphatic carbocycles. The number of likely N-dealkylation sites (tertiary alicyclic amines) is 1. The zero-order valence-electron chi connectivity index (χ0n) is 9.84. The van der Waals surface area contributed by atoms with Crippen molar-refractivity contribution in [1.82, 2.24) is 4.90 Å². The van der Waals surface area contributed by atoms with E-state index in [1.54, 1.807) is 0 Å². The predicted molar refractivity (Wildman–Crippen MR) is 60.2 cm³/mol. The van der Waals surface area contributed by atoms with Crippen molar-refractivity contribution in [2.45, 2.75) is 58.0 Å². The van der Waals surface area contributed by atoms with E-state index in [4.69, 9.17) is 5.73 Å². The highest BCUT2D eigenvalue weighted by Crippen LogP contribution is 2.48. The Hall–Kier alpha value is -0.0800. The summed E-state index contributed by atoms with van der Waals surface area (Å²) in [5.41, 5.74) is 7.01. The lowest BCUT2D eigenvalue weighted by Crippen LogP contribution is -2.58. The second kappa shape index (κ2) is 3.21. The van der Waals surface area contributed by atoms with Gasteiger partial charge < -0.3 is 5.73 Å². The van der Waals surface area contributed by atoms with Gasteiger partial charge in [-0.3, -0.25) is 4.90 Å². The summed E-state index contributed by atoms with van der Waals surface area (Å²) < 4.78 is 0. The third-order valence-corrected chi connectivity index (χ3v) is 4.45. The summed E-state index contributed by atoms with van der Waals surface area (Å²) >= 11 is 0. The molecule has 0 aromatic rings. The monoisotopic (exact) mass is 196 g/mol. The Kier molecular flexibility index (Phi) is 2.39. The Morgan fingerprint density at radius 2 is 1.71 bits per heavy atom. The van der Waals surface area contributed by atoms with Gasteiger partial charge in [0, 0.05) is 11.6 Å². The molecule has 0 amide bonds. The first kappa shape index (κ1) is 10.4. The molecule has 0 aromatic heterocycles. The van der Waals surface area contributed by atoms with Crippen molar-refractivity contribution in [3.63, 3.8) is 0 Å². The zero-order valence-corrected chi connectivity index (χ0v) is 9.84. The summed E-state index contributed by atoms with van der Waals surface area (Å²) in [7, 11) is 0. The van der Waals surface area contributed by atoms with Crippen LogP contribution in [0.25, 0.3) is 0 Å². The Balaban J connectivity index is 1.92. The van der Waals surface area contributed by atoms with E-state index in [1.165, 1.54) is 38.8 Å². The van der Waals surface area contributed by atoms with E-state index >= 15 is 0 Å². The number of nitrogens with zero attached hydrogens (tertiary/aromatic N) is 1. The molecule has 1 heterocycles. The maximum atomic E-state index is 6.12. The van der Waals surface area contributed by atoms with Crippen LogP contribution in [0.3, 0.4) is 0 Å². The fourth-order valence-corrected chi connectivity index (χ4v) is 2.96. The van der Waals surface area contributed by atoms with Gasteiger partial charge in [0.2, 0.25) is 0 Å². The molecule has 1 atom stereocenters. The minimum absolute atomic E-state index is 0.343. The maximum absolute atomic E-state index is 6.12. The highest BCUT2D eigenvalue weighted by molar-refractivity contribution is 5.02. The first-order chi connectivity index (χ1) is 6.44. The number of rotatable bonds is 0. The quantitative estimate of drug-likeness (QED) is 0.642. The first-order valence-corrected chi connectivity index (χ1v) is 5.95. The van der Waals surface area contributed by atoms with Crippen molar-refractivity contribution in [2.75, 3.05) is 13.1 Å². The summed E-state index contributed by atoms with van der Waals surface area (Å²) in [4.78, 5) is 2.60. The van der Waals surface area contributed by atoms with Crippen molar-refractivity contribution in [2.24, 2.45) is 11.1 Å². The van der Waals surface area contributed by atoms with Gasteiger partial charge in [0.05, 0.1) is 0 Å². The molecule has 0 bridgehead atoms. The highest BCUT2D eigenvalue weighted by atomic mass is 15.2. The predicted octanol–water partition coefficient (Wildman–Crippen LogP) is 1.99. The van der Waals surface area contributed by atoms with Crippen LogP contribution >= 0.6 is 0 Å². The van der Waals surface area contributed by atoms with Crippen LogP contribution in [-0.2, 0) is 0 Å². The molecule has 1 saturated heterocycles. The van der Waals surface area contributed by atoms with Crippen molar-refractivity contribution in [1.29, 1.82) is 0 Å². The zero-order chi connectivity index (χ0) is 10.4. The Morgan fingerprint density at radius 3 is 2.00 bits per heavy atom. The molecule has 2 N–H and O–H groups in total. The first-order valence-electron chi connectivity index (χ1n) is 5.95. The molecular weight excluding hydrogens is 172 g/mol. The van der Waals surface area contributed by atoms with Gasteiger partial charge in [-0.1, -0.05) is 0 Å². The molecule has 0 aromatic carbocycles. The summed E-state index contributed by atoms with van der Waals surface area (Å²) in [5.74, 6) is 0. The summed E-state index contributed by atoms with van der Waals surface area (Å²) in [5, 5.41) is 0. The summed E-state index contributed by atoms with van der Waals surface area (Å²) in [6.07, 6.45) is 5.29. The van der Waals surface area contributed by atoms with Crippen molar-refractivity contribution < 1.29 is 0 Å². The fourth-order valence-electron chi connectivity index (χ4n) is 2.96. The second-order valence-corrected chi connectivity index (χ2v) is 6.17. The summed E-state index contributed by atoms with van der Waals surface area (Å²) in [6.45, 7) is 9.43. The topological polar surface area (TPSA) is 29.3 Å². The average Bonchev–Trinajstić information content (AvgIpc) is 2.14. The van der Waals surface area contributed by atoms with Gasteiger partial charge in [0.25, 0.3) is 0 Å². The van der Waals surface area contributed by atoms with Gasteiger partial charge in [0.1, 0.15) is 0 Å². The van der Waals surface area contributed by atoms with E-state index in [0.29, 0.717) is 17.0 Å². The molecule has 0 radical (unpaired) electrons. The number of nitrogens with two attached hydrogens (primary N) is 1. The molecular formula is C12H24N2. The van der Waals surface area contributed by atoms with E-state index in [1.807, 2.05) is 0 Å². The van der Waals surface area contributed by atoms with E-state index in [2.05, 4.69) is 25.7 Å². The van der Waals surface area contributed by atoms with Crippen molar-refractivity contribution in [3.8, 4) is 0 Å². The summed E-state index contributed by atoms with van der Waals surface area (Å²) in [6, 6.07) is 0.504. The molecule has 2 nitrogen and oxygen atoms in total. The molecule has 2 aliphatic rings. The molecule has 14 heavy (non-hydrogen) atoms. The van der Waals surface area contributed by atoms with E-state index in [9.17, 15) is 0 Å². The Bertz CT molecular complexity index is 209. The van der Waals surface area contributed by atoms with Gasteiger partial charge in [-0.15, -0.1) is 0 Å². The molecule has 2 heteroatoms. The maximum Gasteiger partial charge on any atom is 0.0125 e. The van der Waals surface area contributed by atoms with Gasteiger partial charge in [-0.25, -0.2) is 0 Å². The van der Waals surface area contributed by atoms with Gasteiger partial charge in [0.15, 0.2) is 0 Å². The number of hydrogen-bond acceptors (Lipinski definition) is 2. The SMILES string of the molecule is CC(C)(C)N1CCC2(CCC2N)CC1. The van der Waals surface area contributed by atoms with Crippen LogP contribution in [0.5, 0.6) is 0 Å². The molecule has 1 saturated carbocycles. The lowest BCUT2D eigenvalue weighted by molar-refractivity contribution is -0.0187. The lowest BCUT2D eigenvalue weighted by Gasteiger charge is -2.54. The van der Waals surface area contributed by atoms with Gasteiger partial charge in [-0.2, -0.15) is 0 Å². The molecule has 1 aliphatic heterocycles. The molecule has 82 valence electrons. The average molecular weight is 196 g/mol. The molecule has 1 spiro atoms. The smallest absolute Gasteiger partial charge is 0.0125 e. The van der Waals surface area contributed by atoms with Crippen LogP contribution in [0.15, 0.2) is 0 Å². The highest BCUT2D eigenvalue weighted by Gasteiger charge is 2.47. The van der Waals surface area contributed by atoms with Gasteiger partial charge in [-0.05, 0) is 65.0 Å². The van der Waals surface area contributed by atoms with Crippen LogP contribution < -0.4 is 5.73 Å². The lowest BCUT2D eigenvalue weighted by atomic mass is 9.59. The van der Waals surface area contributed by atoms with Crippen LogP contribution in [0.4, 0.5) is 0 Å². The largest absolute Gasteiger partial charge is 0.327 e. The van der Waals surface area contributed by atoms with Gasteiger partial charge >= 0.3 is 0 Å². The minimum Gasteiger partial charge on any atom is -0.327 e. The minimum atomic E-state index is 0.343. The normalized spacial score (nSPS) is 33.0. The van der Waals surface area contributed by atoms with E-state index < -0.39 is 0 Å². The third kappa shape index (κ3) is 1.59. The standard InChI is InChI=1S/C12H24N2/c1-11(2,3)14-8-6-12(7-9-14)5-4-10(12)13/h10H,4-9,13H2,1-3H3. The fraction of sp³-hybridized carbons (Fsp3) is 1.00. The Morgan fingerprint density at radius 1 is 1.14 bits per heavy atom. The van der Waals surface area contributed by atoms with Crippen LogP contribution in [0, 0.1) is 5.41 Å². The van der Waals surface area contributed by atoms with Crippen LogP contribution in [-0.4, -0.2) is 29.6 Å². The van der Waals surface area contributed by atoms with Crippen LogP contribution in [0.2, 0.25) is 0 Å². The van der Waals surface area contributed by atoms with E-state index in [-0.39, 0.29) is 0 Å². The van der Waals surface area contributed by atoms with Crippen LogP contribution in [0.1, 0.15) is 46.5 Å². The third-order valence-electron chi connectivity index (χ3n) is 4.45. The molecule has 1 unspecified atom stereocenters. The Labute approximate surface area is 87.8 Å². The molecule has 2 rings (SSSR count). The van der Waals surface area contributed by atoms with Crippen molar-refractivity contribution >= 4 is 0 Å².